The van der Waals surface area contributed by atoms with Crippen LogP contribution in [-0.4, -0.2) is 58.6 Å². The molecule has 2 heterocycles. The topological polar surface area (TPSA) is 111 Å². The van der Waals surface area contributed by atoms with E-state index in [1.807, 2.05) is 0 Å². The number of carbonyl (C=O) groups excluding carboxylic acids is 1. The zero-order chi connectivity index (χ0) is 13.1. The van der Waals surface area contributed by atoms with Gasteiger partial charge in [0.1, 0.15) is 18.3 Å². The number of ether oxygens (including phenoxy) is 1. The molecule has 1 amide bonds. The predicted molar refractivity (Wildman–Crippen MR) is 61.7 cm³/mol. The first kappa shape index (κ1) is 13.2. The molecule has 100 valence electrons. The zero-order valence-corrected chi connectivity index (χ0v) is 9.69. The van der Waals surface area contributed by atoms with Crippen LogP contribution >= 0.6 is 0 Å². The molecule has 1 unspecified atom stereocenters. The normalized spacial score (nSPS) is 35.4. The van der Waals surface area contributed by atoms with Gasteiger partial charge in [0, 0.05) is 18.0 Å². The largest absolute Gasteiger partial charge is 0.394 e. The average Bonchev–Trinajstić information content (AvgIpc) is 2.67. The van der Waals surface area contributed by atoms with Crippen molar-refractivity contribution in [2.45, 2.75) is 37.4 Å². The molecule has 0 bridgehead atoms. The highest BCUT2D eigenvalue weighted by Gasteiger charge is 2.43. The Morgan fingerprint density at radius 2 is 2.28 bits per heavy atom. The van der Waals surface area contributed by atoms with Gasteiger partial charge in [-0.25, -0.2) is 0 Å². The maximum Gasteiger partial charge on any atom is 0.250 e. The lowest BCUT2D eigenvalue weighted by atomic mass is 10.1. The Morgan fingerprint density at radius 3 is 2.83 bits per heavy atom. The highest BCUT2D eigenvalue weighted by atomic mass is 16.6. The molecule has 0 aromatic carbocycles. The molecule has 0 saturated carbocycles. The quantitative estimate of drug-likeness (QED) is 0.480. The van der Waals surface area contributed by atoms with Crippen LogP contribution in [0.4, 0.5) is 0 Å². The fraction of sp³-hybridized carbons (Fsp3) is 0.636. The van der Waals surface area contributed by atoms with Crippen molar-refractivity contribution in [3.63, 3.8) is 0 Å². The maximum atomic E-state index is 11.8. The van der Waals surface area contributed by atoms with Gasteiger partial charge >= 0.3 is 0 Å². The molecular weight excluding hydrogens is 240 g/mol. The van der Waals surface area contributed by atoms with Gasteiger partial charge in [-0.1, -0.05) is 0 Å². The van der Waals surface area contributed by atoms with Crippen molar-refractivity contribution in [1.82, 2.24) is 5.32 Å². The maximum absolute atomic E-state index is 11.8. The zero-order valence-electron chi connectivity index (χ0n) is 9.69. The second-order valence-electron chi connectivity index (χ2n) is 4.26. The van der Waals surface area contributed by atoms with Crippen molar-refractivity contribution in [3.05, 3.63) is 11.8 Å². The monoisotopic (exact) mass is 256 g/mol. The van der Waals surface area contributed by atoms with E-state index in [-0.39, 0.29) is 5.91 Å². The van der Waals surface area contributed by atoms with E-state index in [1.165, 1.54) is 6.20 Å². The van der Waals surface area contributed by atoms with Crippen molar-refractivity contribution in [2.24, 2.45) is 4.99 Å². The summed E-state index contributed by atoms with van der Waals surface area (Å²) in [6.45, 7) is -0.419. The highest BCUT2D eigenvalue weighted by Crippen LogP contribution is 2.20. The molecule has 2 rings (SSSR count). The lowest BCUT2D eigenvalue weighted by Gasteiger charge is -2.17. The van der Waals surface area contributed by atoms with Gasteiger partial charge in [0.2, 0.25) is 0 Å². The van der Waals surface area contributed by atoms with E-state index >= 15 is 0 Å². The number of amides is 1. The fourth-order valence-corrected chi connectivity index (χ4v) is 1.91. The van der Waals surface area contributed by atoms with Crippen molar-refractivity contribution >= 4 is 12.1 Å². The third-order valence-corrected chi connectivity index (χ3v) is 2.99. The first-order chi connectivity index (χ1) is 8.63. The number of nitrogens with one attached hydrogen (secondary N) is 1. The minimum Gasteiger partial charge on any atom is -0.394 e. The van der Waals surface area contributed by atoms with Gasteiger partial charge in [-0.15, -0.1) is 0 Å². The van der Waals surface area contributed by atoms with Crippen molar-refractivity contribution in [2.75, 3.05) is 6.61 Å². The van der Waals surface area contributed by atoms with E-state index in [2.05, 4.69) is 10.3 Å². The van der Waals surface area contributed by atoms with Crippen LogP contribution in [-0.2, 0) is 9.53 Å². The van der Waals surface area contributed by atoms with Crippen molar-refractivity contribution < 1.29 is 24.9 Å². The minimum absolute atomic E-state index is 0.387. The molecule has 0 radical (unpaired) electrons. The van der Waals surface area contributed by atoms with Crippen LogP contribution in [0.3, 0.4) is 0 Å². The summed E-state index contributed by atoms with van der Waals surface area (Å²) in [7, 11) is 0. The molecule has 18 heavy (non-hydrogen) atoms. The molecule has 4 atom stereocenters. The van der Waals surface area contributed by atoms with Gasteiger partial charge in [-0.3, -0.25) is 9.79 Å². The smallest absolute Gasteiger partial charge is 0.250 e. The Balaban J connectivity index is 1.95. The van der Waals surface area contributed by atoms with E-state index in [1.54, 1.807) is 6.21 Å². The SMILES string of the molecule is O=C(NC1O[C@H](CO)[C@@H](O)[C@H]1O)C1=CN=CCC1. The Labute approximate surface area is 104 Å². The Hall–Kier alpha value is -1.28. The van der Waals surface area contributed by atoms with Gasteiger partial charge in [0.25, 0.3) is 5.91 Å². The van der Waals surface area contributed by atoms with Gasteiger partial charge in [-0.05, 0) is 12.8 Å². The summed E-state index contributed by atoms with van der Waals surface area (Å²) in [6, 6.07) is 0. The first-order valence-corrected chi connectivity index (χ1v) is 5.77. The van der Waals surface area contributed by atoms with E-state index in [0.717, 1.165) is 0 Å². The molecule has 7 nitrogen and oxygen atoms in total. The minimum atomic E-state index is -1.25. The van der Waals surface area contributed by atoms with Crippen molar-refractivity contribution in [1.29, 1.82) is 0 Å². The van der Waals surface area contributed by atoms with E-state index in [0.29, 0.717) is 18.4 Å². The van der Waals surface area contributed by atoms with E-state index in [9.17, 15) is 15.0 Å². The lowest BCUT2D eigenvalue weighted by Crippen LogP contribution is -2.44. The second kappa shape index (κ2) is 5.57. The van der Waals surface area contributed by atoms with E-state index < -0.39 is 31.1 Å². The predicted octanol–water partition coefficient (Wildman–Crippen LogP) is -1.71. The summed E-state index contributed by atoms with van der Waals surface area (Å²) >= 11 is 0. The van der Waals surface area contributed by atoms with Crippen LogP contribution in [0.25, 0.3) is 0 Å². The third kappa shape index (κ3) is 2.59. The summed E-state index contributed by atoms with van der Waals surface area (Å²) in [4.78, 5) is 15.7. The third-order valence-electron chi connectivity index (χ3n) is 2.99. The summed E-state index contributed by atoms with van der Waals surface area (Å²) in [5.74, 6) is -0.387. The number of hydrogen-bond acceptors (Lipinski definition) is 6. The van der Waals surface area contributed by atoms with Crippen LogP contribution < -0.4 is 5.32 Å². The molecule has 7 heteroatoms. The molecular formula is C11H16N2O5. The van der Waals surface area contributed by atoms with Gasteiger partial charge < -0.3 is 25.4 Å². The summed E-state index contributed by atoms with van der Waals surface area (Å²) in [5, 5.41) is 30.6. The number of nitrogens with zero attached hydrogens (tertiary/aromatic N) is 1. The van der Waals surface area contributed by atoms with Gasteiger partial charge in [-0.2, -0.15) is 0 Å². The summed E-state index contributed by atoms with van der Waals surface area (Å²) in [5.41, 5.74) is 0.496. The van der Waals surface area contributed by atoms with Crippen LogP contribution in [0.2, 0.25) is 0 Å². The number of hydrogen-bond donors (Lipinski definition) is 4. The Morgan fingerprint density at radius 1 is 1.50 bits per heavy atom. The first-order valence-electron chi connectivity index (χ1n) is 5.77. The second-order valence-corrected chi connectivity index (χ2v) is 4.26. The van der Waals surface area contributed by atoms with Gasteiger partial charge in [0.15, 0.2) is 6.23 Å². The van der Waals surface area contributed by atoms with Crippen LogP contribution in [0.15, 0.2) is 16.8 Å². The number of rotatable bonds is 3. The van der Waals surface area contributed by atoms with Crippen LogP contribution in [0.1, 0.15) is 12.8 Å². The summed E-state index contributed by atoms with van der Waals surface area (Å²) in [6.07, 6.45) is 0.0699. The van der Waals surface area contributed by atoms with Crippen LogP contribution in [0, 0.1) is 0 Å². The molecule has 0 spiro atoms. The number of aliphatic hydroxyl groups is 3. The standard InChI is InChI=1S/C11H16N2O5/c14-5-7-8(15)9(16)11(18-7)13-10(17)6-2-1-3-12-4-6/h3-4,7-9,11,14-16H,1-2,5H2,(H,13,17)/t7-,8-,9-,11?/m1/s1. The molecule has 2 aliphatic heterocycles. The number of aliphatic hydroxyl groups excluding tert-OH is 3. The molecule has 1 saturated heterocycles. The van der Waals surface area contributed by atoms with Crippen LogP contribution in [0.5, 0.6) is 0 Å². The highest BCUT2D eigenvalue weighted by molar-refractivity contribution is 5.94. The Bertz CT molecular complexity index is 382. The molecule has 1 fully saturated rings. The molecule has 4 N–H and O–H groups in total. The fourth-order valence-electron chi connectivity index (χ4n) is 1.91. The van der Waals surface area contributed by atoms with Crippen molar-refractivity contribution in [3.8, 4) is 0 Å². The molecule has 0 aliphatic carbocycles. The van der Waals surface area contributed by atoms with E-state index in [4.69, 9.17) is 9.84 Å². The molecule has 2 aliphatic rings. The molecule has 0 aromatic heterocycles. The summed E-state index contributed by atoms with van der Waals surface area (Å²) < 4.78 is 5.15. The average molecular weight is 256 g/mol. The van der Waals surface area contributed by atoms with Gasteiger partial charge in [0.05, 0.1) is 6.61 Å². The number of carbonyl (C=O) groups is 1. The lowest BCUT2D eigenvalue weighted by molar-refractivity contribution is -0.124. The molecule has 0 aromatic rings. The Kier molecular flexibility index (Phi) is 4.07. The number of aliphatic imine (C=N–C) groups is 1.